The van der Waals surface area contributed by atoms with Crippen LogP contribution in [-0.4, -0.2) is 57.0 Å². The fraction of sp³-hybridized carbons (Fsp3) is 0.500. The van der Waals surface area contributed by atoms with E-state index in [4.69, 9.17) is 0 Å². The Labute approximate surface area is 141 Å². The summed E-state index contributed by atoms with van der Waals surface area (Å²) >= 11 is 0. The van der Waals surface area contributed by atoms with E-state index in [0.717, 1.165) is 18.6 Å². The van der Waals surface area contributed by atoms with E-state index in [1.54, 1.807) is 0 Å². The lowest BCUT2D eigenvalue weighted by Gasteiger charge is -2.42. The number of rotatable bonds is 2. The molecule has 1 saturated heterocycles. The Kier molecular flexibility index (Phi) is 4.41. The van der Waals surface area contributed by atoms with Crippen LogP contribution in [0.2, 0.25) is 0 Å². The van der Waals surface area contributed by atoms with Gasteiger partial charge in [0.25, 0.3) is 5.56 Å². The third-order valence-corrected chi connectivity index (χ3v) is 4.63. The number of hydrogen-bond donors (Lipinski definition) is 0. The highest BCUT2D eigenvalue weighted by atomic mass is 16.2. The van der Waals surface area contributed by atoms with Crippen molar-refractivity contribution >= 4 is 16.9 Å². The van der Waals surface area contributed by atoms with Gasteiger partial charge in [-0.1, -0.05) is 12.1 Å². The Bertz CT molecular complexity index is 799. The number of fused-ring (bicyclic) bond motifs is 1. The van der Waals surface area contributed by atoms with Gasteiger partial charge in [-0.25, -0.2) is 4.98 Å². The van der Waals surface area contributed by atoms with E-state index in [9.17, 15) is 9.59 Å². The summed E-state index contributed by atoms with van der Waals surface area (Å²) in [6.45, 7) is 9.76. The lowest BCUT2D eigenvalue weighted by molar-refractivity contribution is -0.134. The summed E-state index contributed by atoms with van der Waals surface area (Å²) in [5.41, 5.74) is 1.30. The lowest BCUT2D eigenvalue weighted by Crippen LogP contribution is -2.55. The van der Waals surface area contributed by atoms with Crippen LogP contribution in [0, 0.1) is 0 Å². The molecule has 6 nitrogen and oxygen atoms in total. The van der Waals surface area contributed by atoms with Crippen molar-refractivity contribution in [1.82, 2.24) is 19.4 Å². The molecular formula is C18H24N4O2. The molecule has 0 bridgehead atoms. The van der Waals surface area contributed by atoms with Crippen LogP contribution >= 0.6 is 0 Å². The fourth-order valence-corrected chi connectivity index (χ4v) is 3.14. The Morgan fingerprint density at radius 1 is 1.12 bits per heavy atom. The number of carbonyl (C=O) groups is 1. The first-order chi connectivity index (χ1) is 11.4. The molecule has 0 radical (unpaired) electrons. The van der Waals surface area contributed by atoms with E-state index in [-0.39, 0.29) is 23.6 Å². The Morgan fingerprint density at radius 2 is 1.79 bits per heavy atom. The average molecular weight is 328 g/mol. The smallest absolute Gasteiger partial charge is 0.269 e. The van der Waals surface area contributed by atoms with Gasteiger partial charge in [-0.05, 0) is 32.9 Å². The van der Waals surface area contributed by atoms with Crippen LogP contribution in [0.5, 0.6) is 0 Å². The molecule has 0 unspecified atom stereocenters. The molecule has 1 aromatic heterocycles. The van der Waals surface area contributed by atoms with E-state index in [2.05, 4.69) is 30.7 Å². The summed E-state index contributed by atoms with van der Waals surface area (Å²) in [6, 6.07) is 7.40. The summed E-state index contributed by atoms with van der Waals surface area (Å²) in [5, 5.41) is 0. The summed E-state index contributed by atoms with van der Waals surface area (Å²) in [5.74, 6) is -0.0120. The van der Waals surface area contributed by atoms with Crippen molar-refractivity contribution in [2.24, 2.45) is 0 Å². The summed E-state index contributed by atoms with van der Waals surface area (Å²) in [7, 11) is 0. The second kappa shape index (κ2) is 6.36. The van der Waals surface area contributed by atoms with Gasteiger partial charge in [0.2, 0.25) is 5.91 Å². The molecule has 0 N–H and O–H groups in total. The number of amides is 1. The number of nitrogens with zero attached hydrogens (tertiary/aromatic N) is 4. The van der Waals surface area contributed by atoms with Crippen LogP contribution in [-0.2, 0) is 11.3 Å². The van der Waals surface area contributed by atoms with Crippen LogP contribution in [0.15, 0.2) is 35.3 Å². The van der Waals surface area contributed by atoms with Crippen LogP contribution in [0.1, 0.15) is 20.8 Å². The second-order valence-corrected chi connectivity index (χ2v) is 7.21. The molecule has 1 aromatic carbocycles. The standard InChI is InChI=1S/C18H24N4O2/c1-18(2,3)21-10-8-20(9-11-21)17(24)13-22-15-7-5-4-6-14(15)19-12-16(22)23/h4-7,12H,8-11,13H2,1-3H3. The third-order valence-electron chi connectivity index (χ3n) is 4.63. The van der Waals surface area contributed by atoms with Crippen molar-refractivity contribution in [1.29, 1.82) is 0 Å². The van der Waals surface area contributed by atoms with Gasteiger partial charge in [0.05, 0.1) is 17.2 Å². The van der Waals surface area contributed by atoms with Gasteiger partial charge in [0.15, 0.2) is 0 Å². The number of para-hydroxylation sites is 2. The largest absolute Gasteiger partial charge is 0.339 e. The van der Waals surface area contributed by atoms with Crippen LogP contribution < -0.4 is 5.56 Å². The average Bonchev–Trinajstić information content (AvgIpc) is 2.56. The molecule has 1 aliphatic rings. The lowest BCUT2D eigenvalue weighted by atomic mass is 10.0. The molecule has 128 valence electrons. The van der Waals surface area contributed by atoms with Crippen molar-refractivity contribution in [3.63, 3.8) is 0 Å². The molecule has 1 fully saturated rings. The van der Waals surface area contributed by atoms with Gasteiger partial charge in [0.1, 0.15) is 6.54 Å². The van der Waals surface area contributed by atoms with Crippen LogP contribution in [0.3, 0.4) is 0 Å². The zero-order valence-corrected chi connectivity index (χ0v) is 14.5. The highest BCUT2D eigenvalue weighted by molar-refractivity contribution is 5.80. The molecule has 6 heteroatoms. The van der Waals surface area contributed by atoms with Crippen molar-refractivity contribution in [3.05, 3.63) is 40.8 Å². The first-order valence-corrected chi connectivity index (χ1v) is 8.34. The predicted octanol–water partition coefficient (Wildman–Crippen LogP) is 1.34. The Hall–Kier alpha value is -2.21. The minimum Gasteiger partial charge on any atom is -0.339 e. The summed E-state index contributed by atoms with van der Waals surface area (Å²) in [4.78, 5) is 33.2. The number of aromatic nitrogens is 2. The number of hydrogen-bond acceptors (Lipinski definition) is 4. The molecule has 0 atom stereocenters. The molecule has 2 aromatic rings. The fourth-order valence-electron chi connectivity index (χ4n) is 3.14. The molecule has 1 aliphatic heterocycles. The summed E-state index contributed by atoms with van der Waals surface area (Å²) < 4.78 is 1.51. The highest BCUT2D eigenvalue weighted by Crippen LogP contribution is 2.16. The molecule has 24 heavy (non-hydrogen) atoms. The van der Waals surface area contributed by atoms with E-state index in [1.807, 2.05) is 29.2 Å². The highest BCUT2D eigenvalue weighted by Gasteiger charge is 2.28. The molecule has 0 spiro atoms. The SMILES string of the molecule is CC(C)(C)N1CCN(C(=O)Cn2c(=O)cnc3ccccc32)CC1. The van der Waals surface area contributed by atoms with Gasteiger partial charge >= 0.3 is 0 Å². The minimum atomic E-state index is -0.240. The van der Waals surface area contributed by atoms with Gasteiger partial charge in [-0.2, -0.15) is 0 Å². The van der Waals surface area contributed by atoms with E-state index in [1.165, 1.54) is 10.8 Å². The molecule has 3 rings (SSSR count). The summed E-state index contributed by atoms with van der Waals surface area (Å²) in [6.07, 6.45) is 1.28. The maximum Gasteiger partial charge on any atom is 0.269 e. The molecular weight excluding hydrogens is 304 g/mol. The zero-order chi connectivity index (χ0) is 17.3. The van der Waals surface area contributed by atoms with Crippen LogP contribution in [0.4, 0.5) is 0 Å². The minimum absolute atomic E-state index is 0.0120. The Balaban J connectivity index is 1.75. The third kappa shape index (κ3) is 3.33. The molecule has 1 amide bonds. The monoisotopic (exact) mass is 328 g/mol. The van der Waals surface area contributed by atoms with Gasteiger partial charge < -0.3 is 4.90 Å². The molecule has 2 heterocycles. The first kappa shape index (κ1) is 16.6. The van der Waals surface area contributed by atoms with E-state index in [0.29, 0.717) is 18.6 Å². The van der Waals surface area contributed by atoms with Crippen molar-refractivity contribution < 1.29 is 4.79 Å². The second-order valence-electron chi connectivity index (χ2n) is 7.21. The van der Waals surface area contributed by atoms with E-state index >= 15 is 0 Å². The maximum absolute atomic E-state index is 12.6. The van der Waals surface area contributed by atoms with Crippen molar-refractivity contribution in [2.75, 3.05) is 26.2 Å². The van der Waals surface area contributed by atoms with Crippen molar-refractivity contribution in [2.45, 2.75) is 32.9 Å². The normalized spacial score (nSPS) is 16.5. The molecule has 0 saturated carbocycles. The maximum atomic E-state index is 12.6. The number of carbonyl (C=O) groups excluding carboxylic acids is 1. The van der Waals surface area contributed by atoms with Crippen molar-refractivity contribution in [3.8, 4) is 0 Å². The molecule has 0 aliphatic carbocycles. The number of piperazine rings is 1. The Morgan fingerprint density at radius 3 is 2.46 bits per heavy atom. The van der Waals surface area contributed by atoms with Gasteiger partial charge in [-0.15, -0.1) is 0 Å². The number of benzene rings is 1. The predicted molar refractivity (Wildman–Crippen MR) is 93.9 cm³/mol. The van der Waals surface area contributed by atoms with E-state index < -0.39 is 0 Å². The van der Waals surface area contributed by atoms with Crippen LogP contribution in [0.25, 0.3) is 11.0 Å². The van der Waals surface area contributed by atoms with Gasteiger partial charge in [0, 0.05) is 31.7 Å². The quantitative estimate of drug-likeness (QED) is 0.835. The van der Waals surface area contributed by atoms with Gasteiger partial charge in [-0.3, -0.25) is 19.1 Å². The topological polar surface area (TPSA) is 58.4 Å². The first-order valence-electron chi connectivity index (χ1n) is 8.34. The zero-order valence-electron chi connectivity index (χ0n) is 14.5.